The van der Waals surface area contributed by atoms with Crippen LogP contribution in [-0.2, 0) is 26.1 Å². The van der Waals surface area contributed by atoms with Gasteiger partial charge in [-0.25, -0.2) is 8.78 Å². The molecule has 0 bridgehead atoms. The van der Waals surface area contributed by atoms with Crippen LogP contribution in [0.25, 0.3) is 10.8 Å². The summed E-state index contributed by atoms with van der Waals surface area (Å²) in [5.41, 5.74) is 1.30. The second-order valence-electron chi connectivity index (χ2n) is 12.2. The largest absolute Gasteiger partial charge is 0.508 e. The lowest BCUT2D eigenvalue weighted by atomic mass is 9.95. The first kappa shape index (κ1) is 27.2. The number of rotatable bonds is 6. The number of nitrogens with zero attached hydrogens (tertiary/aromatic N) is 8. The van der Waals surface area contributed by atoms with Crippen LogP contribution in [-0.4, -0.2) is 78.6 Å². The van der Waals surface area contributed by atoms with Gasteiger partial charge in [0.25, 0.3) is 5.91 Å². The topological polar surface area (TPSA) is 113 Å². The van der Waals surface area contributed by atoms with E-state index in [1.807, 2.05) is 16.4 Å². The fourth-order valence-corrected chi connectivity index (χ4v) is 7.58. The Morgan fingerprint density at radius 3 is 2.91 bits per heavy atom. The van der Waals surface area contributed by atoms with Crippen molar-refractivity contribution < 1.29 is 23.4 Å². The highest BCUT2D eigenvalue weighted by atomic mass is 19.1. The van der Waals surface area contributed by atoms with Crippen molar-refractivity contribution in [3.05, 3.63) is 59.1 Å². The number of aromatic hydroxyl groups is 1. The lowest BCUT2D eigenvalue weighted by Gasteiger charge is -2.31. The molecule has 11 nitrogen and oxygen atoms in total. The number of ether oxygens (including phenoxy) is 1. The highest BCUT2D eigenvalue weighted by Gasteiger charge is 2.49. The normalized spacial score (nSPS) is 23.0. The number of aryl methyl sites for hydroxylation is 1. The summed E-state index contributed by atoms with van der Waals surface area (Å²) in [6.45, 7) is 5.02. The first-order chi connectivity index (χ1) is 21.3. The number of aromatic nitrogens is 5. The monoisotopic (exact) mass is 602 g/mol. The second-order valence-corrected chi connectivity index (χ2v) is 12.2. The molecule has 4 aromatic rings. The Labute approximate surface area is 252 Å². The summed E-state index contributed by atoms with van der Waals surface area (Å²) in [6.07, 6.45) is 3.46. The van der Waals surface area contributed by atoms with Crippen molar-refractivity contribution >= 4 is 28.2 Å². The summed E-state index contributed by atoms with van der Waals surface area (Å²) >= 11 is 0. The lowest BCUT2D eigenvalue weighted by Crippen LogP contribution is -2.43. The zero-order valence-corrected chi connectivity index (χ0v) is 24.3. The highest BCUT2D eigenvalue weighted by Crippen LogP contribution is 2.43. The molecule has 1 amide bonds. The number of anilines is 2. The molecule has 0 aliphatic carbocycles. The minimum Gasteiger partial charge on any atom is -0.508 e. The molecule has 4 aliphatic heterocycles. The van der Waals surface area contributed by atoms with E-state index in [0.717, 1.165) is 25.2 Å². The third-order valence-corrected chi connectivity index (χ3v) is 9.66. The SMILES string of the molecule is CCc1c(F)ccc2cc(O)cc(N3Cc4nc(OC[C@@]56CCCN5C[C@H](F)C6)nc(N5CCn6cnnc6C5)c4C3=O)c12. The molecule has 2 aromatic carbocycles. The number of halogens is 2. The number of hydrogen-bond donors (Lipinski definition) is 1. The van der Waals surface area contributed by atoms with Gasteiger partial charge in [-0.3, -0.25) is 9.69 Å². The van der Waals surface area contributed by atoms with E-state index in [4.69, 9.17) is 14.7 Å². The zero-order valence-electron chi connectivity index (χ0n) is 24.3. The van der Waals surface area contributed by atoms with E-state index in [1.54, 1.807) is 18.5 Å². The molecule has 228 valence electrons. The molecule has 2 aromatic heterocycles. The van der Waals surface area contributed by atoms with Crippen LogP contribution >= 0.6 is 0 Å². The Morgan fingerprint density at radius 1 is 1.16 bits per heavy atom. The van der Waals surface area contributed by atoms with Gasteiger partial charge in [-0.2, -0.15) is 9.97 Å². The molecule has 8 rings (SSSR count). The fraction of sp³-hybridized carbons (Fsp3) is 0.452. The summed E-state index contributed by atoms with van der Waals surface area (Å²) in [5.74, 6) is 0.430. The standard InChI is InChI=1S/C31H32F2N8O3/c1-2-21-22(33)5-4-18-10-20(42)11-24(26(18)21)41-14-23-27(29(41)43)28(38-8-9-39-17-34-37-25(39)15-38)36-30(35-23)44-16-31-6-3-7-40(31)13-19(32)12-31/h4-5,10-11,17,19,42H,2-3,6-9,12-16H2,1H3/t19-,31+/m1/s1. The third-order valence-electron chi connectivity index (χ3n) is 9.66. The third kappa shape index (κ3) is 4.20. The summed E-state index contributed by atoms with van der Waals surface area (Å²) in [5, 5.41) is 20.1. The maximum atomic E-state index is 15.0. The first-order valence-corrected chi connectivity index (χ1v) is 15.1. The summed E-state index contributed by atoms with van der Waals surface area (Å²) in [4.78, 5) is 29.5. The van der Waals surface area contributed by atoms with E-state index >= 15 is 0 Å². The van der Waals surface area contributed by atoms with Gasteiger partial charge in [0.1, 0.15) is 42.1 Å². The van der Waals surface area contributed by atoms with Gasteiger partial charge < -0.3 is 24.2 Å². The number of benzene rings is 2. The number of phenols is 1. The molecule has 6 heterocycles. The van der Waals surface area contributed by atoms with Crippen molar-refractivity contribution in [2.75, 3.05) is 36.0 Å². The van der Waals surface area contributed by atoms with Gasteiger partial charge in [-0.1, -0.05) is 13.0 Å². The maximum absolute atomic E-state index is 15.0. The van der Waals surface area contributed by atoms with Crippen LogP contribution in [0.2, 0.25) is 0 Å². The quantitative estimate of drug-likeness (QED) is 0.353. The van der Waals surface area contributed by atoms with Crippen molar-refractivity contribution in [2.24, 2.45) is 0 Å². The lowest BCUT2D eigenvalue weighted by molar-refractivity contribution is 0.0996. The Bertz CT molecular complexity index is 1810. The number of hydrogen-bond acceptors (Lipinski definition) is 9. The van der Waals surface area contributed by atoms with Gasteiger partial charge in [0.05, 0.1) is 30.0 Å². The number of carbonyl (C=O) groups is 1. The van der Waals surface area contributed by atoms with E-state index in [1.165, 1.54) is 17.0 Å². The number of carbonyl (C=O) groups excluding carboxylic acids is 1. The molecule has 4 aliphatic rings. The molecule has 0 spiro atoms. The maximum Gasteiger partial charge on any atom is 0.318 e. The molecule has 44 heavy (non-hydrogen) atoms. The van der Waals surface area contributed by atoms with Crippen LogP contribution in [0.3, 0.4) is 0 Å². The van der Waals surface area contributed by atoms with Crippen LogP contribution in [0, 0.1) is 5.82 Å². The minimum absolute atomic E-state index is 0.0290. The molecule has 0 unspecified atom stereocenters. The fourth-order valence-electron chi connectivity index (χ4n) is 7.58. The van der Waals surface area contributed by atoms with Crippen molar-refractivity contribution in [1.29, 1.82) is 0 Å². The van der Waals surface area contributed by atoms with Crippen LogP contribution in [0.4, 0.5) is 20.3 Å². The molecule has 13 heteroatoms. The molecule has 0 radical (unpaired) electrons. The molecule has 2 saturated heterocycles. The predicted octanol–water partition coefficient (Wildman–Crippen LogP) is 3.76. The second kappa shape index (κ2) is 10.1. The molecule has 2 fully saturated rings. The Balaban J connectivity index is 1.20. The Morgan fingerprint density at radius 2 is 2.05 bits per heavy atom. The minimum atomic E-state index is -0.887. The average Bonchev–Trinajstić information content (AvgIpc) is 3.77. The Hall–Kier alpha value is -4.39. The average molecular weight is 603 g/mol. The van der Waals surface area contributed by atoms with Gasteiger partial charge >= 0.3 is 6.01 Å². The zero-order chi connectivity index (χ0) is 30.2. The number of amides is 1. The molecule has 1 N–H and O–H groups in total. The molecular formula is C31H32F2N8O3. The summed E-state index contributed by atoms with van der Waals surface area (Å²) in [7, 11) is 0. The number of fused-ring (bicyclic) bond motifs is 4. The van der Waals surface area contributed by atoms with E-state index in [9.17, 15) is 18.7 Å². The van der Waals surface area contributed by atoms with Crippen molar-refractivity contribution in [3.8, 4) is 11.8 Å². The smallest absolute Gasteiger partial charge is 0.318 e. The molecular weight excluding hydrogens is 570 g/mol. The highest BCUT2D eigenvalue weighted by molar-refractivity contribution is 6.16. The van der Waals surface area contributed by atoms with Crippen molar-refractivity contribution in [1.82, 2.24) is 29.6 Å². The Kier molecular flexibility index (Phi) is 6.23. The van der Waals surface area contributed by atoms with Gasteiger partial charge in [0.2, 0.25) is 0 Å². The van der Waals surface area contributed by atoms with Crippen LogP contribution < -0.4 is 14.5 Å². The van der Waals surface area contributed by atoms with E-state index < -0.39 is 6.17 Å². The van der Waals surface area contributed by atoms with Gasteiger partial charge in [0, 0.05) is 37.5 Å². The van der Waals surface area contributed by atoms with Crippen LogP contribution in [0.15, 0.2) is 30.6 Å². The number of phenolic OH excluding ortho intramolecular Hbond substituents is 1. The van der Waals surface area contributed by atoms with Gasteiger partial charge in [-0.15, -0.1) is 10.2 Å². The van der Waals surface area contributed by atoms with Crippen LogP contribution in [0.1, 0.15) is 53.6 Å². The first-order valence-electron chi connectivity index (χ1n) is 15.1. The van der Waals surface area contributed by atoms with E-state index in [0.29, 0.717) is 78.1 Å². The van der Waals surface area contributed by atoms with Crippen molar-refractivity contribution in [2.45, 2.75) is 64.0 Å². The van der Waals surface area contributed by atoms with Gasteiger partial charge in [0.15, 0.2) is 5.82 Å². The summed E-state index contributed by atoms with van der Waals surface area (Å²) in [6, 6.07) is 6.19. The predicted molar refractivity (Wildman–Crippen MR) is 157 cm³/mol. The number of alkyl halides is 1. The molecule has 0 saturated carbocycles. The van der Waals surface area contributed by atoms with Crippen LogP contribution in [0.5, 0.6) is 11.8 Å². The van der Waals surface area contributed by atoms with Gasteiger partial charge in [-0.05, 0) is 48.9 Å². The summed E-state index contributed by atoms with van der Waals surface area (Å²) < 4.78 is 37.6. The molecule has 2 atom stereocenters. The van der Waals surface area contributed by atoms with E-state index in [-0.39, 0.29) is 42.2 Å². The van der Waals surface area contributed by atoms with E-state index in [2.05, 4.69) is 15.1 Å². The van der Waals surface area contributed by atoms with Crippen molar-refractivity contribution in [3.63, 3.8) is 0 Å².